The lowest BCUT2D eigenvalue weighted by molar-refractivity contribution is 0.0998. The maximum Gasteiger partial charge on any atom is 0.258 e. The van der Waals surface area contributed by atoms with E-state index in [2.05, 4.69) is 5.32 Å². The van der Waals surface area contributed by atoms with Crippen LogP contribution in [0.25, 0.3) is 0 Å². The summed E-state index contributed by atoms with van der Waals surface area (Å²) in [7, 11) is 0. The largest absolute Gasteiger partial charge is 0.366 e. The number of rotatable bonds is 3. The van der Waals surface area contributed by atoms with Crippen molar-refractivity contribution in [2.75, 3.05) is 5.32 Å². The number of primary amides is 1. The van der Waals surface area contributed by atoms with Crippen molar-refractivity contribution in [3.05, 3.63) is 62.6 Å². The van der Waals surface area contributed by atoms with Crippen molar-refractivity contribution in [1.82, 2.24) is 0 Å². The first kappa shape index (κ1) is 15.6. The van der Waals surface area contributed by atoms with E-state index in [0.29, 0.717) is 11.3 Å². The Kier molecular flexibility index (Phi) is 4.73. The highest BCUT2D eigenvalue weighted by Gasteiger charge is 2.17. The summed E-state index contributed by atoms with van der Waals surface area (Å²) in [5, 5.41) is 3.12. The minimum atomic E-state index is -0.547. The number of anilines is 1. The molecule has 0 heterocycles. The molecule has 0 saturated carbocycles. The maximum absolute atomic E-state index is 12.2. The van der Waals surface area contributed by atoms with Crippen molar-refractivity contribution in [2.24, 2.45) is 5.73 Å². The highest BCUT2D eigenvalue weighted by atomic mass is 35.5. The zero-order valence-electron chi connectivity index (χ0n) is 10.5. The molecule has 0 radical (unpaired) electrons. The predicted molar refractivity (Wildman–Crippen MR) is 84.4 cm³/mol. The lowest BCUT2D eigenvalue weighted by atomic mass is 10.1. The van der Waals surface area contributed by atoms with Gasteiger partial charge in [0, 0.05) is 11.3 Å². The van der Waals surface area contributed by atoms with Gasteiger partial charge in [-0.2, -0.15) is 0 Å². The van der Waals surface area contributed by atoms with Crippen LogP contribution in [0.15, 0.2) is 36.4 Å². The van der Waals surface area contributed by atoms with Gasteiger partial charge in [0.2, 0.25) is 5.91 Å². The smallest absolute Gasteiger partial charge is 0.258 e. The fourth-order valence-corrected chi connectivity index (χ4v) is 2.35. The third-order valence-electron chi connectivity index (χ3n) is 2.70. The lowest BCUT2D eigenvalue weighted by Gasteiger charge is -2.09. The zero-order chi connectivity index (χ0) is 15.6. The Bertz CT molecular complexity index is 715. The molecule has 0 fully saturated rings. The molecule has 2 amide bonds. The molecule has 0 spiro atoms. The van der Waals surface area contributed by atoms with Gasteiger partial charge in [0.05, 0.1) is 20.6 Å². The van der Waals surface area contributed by atoms with Gasteiger partial charge in [-0.1, -0.05) is 34.8 Å². The van der Waals surface area contributed by atoms with Gasteiger partial charge in [0.1, 0.15) is 0 Å². The molecule has 0 aliphatic carbocycles. The first-order valence-electron chi connectivity index (χ1n) is 5.75. The van der Waals surface area contributed by atoms with Crippen LogP contribution in [-0.2, 0) is 0 Å². The topological polar surface area (TPSA) is 72.2 Å². The second-order valence-corrected chi connectivity index (χ2v) is 5.31. The van der Waals surface area contributed by atoms with Crippen LogP contribution >= 0.6 is 34.8 Å². The summed E-state index contributed by atoms with van der Waals surface area (Å²) in [4.78, 5) is 23.2. The first-order chi connectivity index (χ1) is 9.90. The molecular weight excluding hydrogens is 335 g/mol. The van der Waals surface area contributed by atoms with Gasteiger partial charge in [-0.3, -0.25) is 9.59 Å². The number of carbonyl (C=O) groups is 2. The standard InChI is InChI=1S/C14H9Cl3N2O2/c15-9-5-6-10(16)12(17)11(9)14(21)19-8-3-1-7(2-4-8)13(18)20/h1-6H,(H2,18,20)(H,19,21). The average Bonchev–Trinajstić information content (AvgIpc) is 2.44. The van der Waals surface area contributed by atoms with E-state index in [1.54, 1.807) is 12.1 Å². The molecular formula is C14H9Cl3N2O2. The predicted octanol–water partition coefficient (Wildman–Crippen LogP) is 4.00. The van der Waals surface area contributed by atoms with Gasteiger partial charge in [0.25, 0.3) is 5.91 Å². The summed E-state index contributed by atoms with van der Waals surface area (Å²) in [6, 6.07) is 9.08. The van der Waals surface area contributed by atoms with E-state index >= 15 is 0 Å². The average molecular weight is 344 g/mol. The quantitative estimate of drug-likeness (QED) is 0.827. The molecule has 0 bridgehead atoms. The molecule has 3 N–H and O–H groups in total. The molecule has 0 aliphatic rings. The Morgan fingerprint density at radius 3 is 2.05 bits per heavy atom. The van der Waals surface area contributed by atoms with Crippen molar-refractivity contribution >= 4 is 52.3 Å². The van der Waals surface area contributed by atoms with Crippen LogP contribution in [-0.4, -0.2) is 11.8 Å². The summed E-state index contributed by atoms with van der Waals surface area (Å²) in [5.41, 5.74) is 6.03. The Hall–Kier alpha value is -1.75. The minimum absolute atomic E-state index is 0.0791. The second kappa shape index (κ2) is 6.35. The van der Waals surface area contributed by atoms with Crippen LogP contribution in [0.1, 0.15) is 20.7 Å². The van der Waals surface area contributed by atoms with Gasteiger partial charge in [-0.15, -0.1) is 0 Å². The number of nitrogens with two attached hydrogens (primary N) is 1. The highest BCUT2D eigenvalue weighted by Crippen LogP contribution is 2.31. The molecule has 0 unspecified atom stereocenters. The highest BCUT2D eigenvalue weighted by molar-refractivity contribution is 6.46. The molecule has 0 saturated heterocycles. The van der Waals surface area contributed by atoms with Crippen LogP contribution in [0, 0.1) is 0 Å². The number of halogens is 3. The summed E-state index contributed by atoms with van der Waals surface area (Å²) in [5.74, 6) is -1.05. The van der Waals surface area contributed by atoms with Crippen LogP contribution < -0.4 is 11.1 Å². The van der Waals surface area contributed by atoms with E-state index in [9.17, 15) is 9.59 Å². The van der Waals surface area contributed by atoms with Gasteiger partial charge in [-0.25, -0.2) is 0 Å². The Labute approximate surface area is 135 Å². The summed E-state index contributed by atoms with van der Waals surface area (Å²) in [6.45, 7) is 0. The number of hydrogen-bond acceptors (Lipinski definition) is 2. The van der Waals surface area contributed by atoms with E-state index in [0.717, 1.165) is 0 Å². The Morgan fingerprint density at radius 2 is 1.48 bits per heavy atom. The monoisotopic (exact) mass is 342 g/mol. The molecule has 7 heteroatoms. The molecule has 2 aromatic carbocycles. The van der Waals surface area contributed by atoms with Crippen molar-refractivity contribution in [1.29, 1.82) is 0 Å². The maximum atomic E-state index is 12.2. The van der Waals surface area contributed by atoms with Crippen molar-refractivity contribution in [3.63, 3.8) is 0 Å². The third kappa shape index (κ3) is 3.47. The number of carbonyl (C=O) groups excluding carboxylic acids is 2. The van der Waals surface area contributed by atoms with Crippen LogP contribution in [0.4, 0.5) is 5.69 Å². The fraction of sp³-hybridized carbons (Fsp3) is 0. The summed E-state index contributed by atoms with van der Waals surface area (Å²) in [6.07, 6.45) is 0. The van der Waals surface area contributed by atoms with Crippen LogP contribution in [0.5, 0.6) is 0 Å². The lowest BCUT2D eigenvalue weighted by Crippen LogP contribution is -2.14. The molecule has 0 atom stereocenters. The van der Waals surface area contributed by atoms with Gasteiger partial charge < -0.3 is 11.1 Å². The molecule has 4 nitrogen and oxygen atoms in total. The van der Waals surface area contributed by atoms with E-state index in [1.165, 1.54) is 24.3 Å². The molecule has 2 rings (SSSR count). The first-order valence-corrected chi connectivity index (χ1v) is 6.88. The molecule has 2 aromatic rings. The Balaban J connectivity index is 2.26. The fourth-order valence-electron chi connectivity index (χ4n) is 1.65. The van der Waals surface area contributed by atoms with E-state index < -0.39 is 11.8 Å². The van der Waals surface area contributed by atoms with Gasteiger partial charge in [-0.05, 0) is 36.4 Å². The van der Waals surface area contributed by atoms with E-state index in [-0.39, 0.29) is 20.6 Å². The normalized spacial score (nSPS) is 10.2. The van der Waals surface area contributed by atoms with Crippen molar-refractivity contribution in [3.8, 4) is 0 Å². The summed E-state index contributed by atoms with van der Waals surface area (Å²) < 4.78 is 0. The third-order valence-corrected chi connectivity index (χ3v) is 3.82. The molecule has 0 aliphatic heterocycles. The molecule has 0 aromatic heterocycles. The SMILES string of the molecule is NC(=O)c1ccc(NC(=O)c2c(Cl)ccc(Cl)c2Cl)cc1. The number of nitrogens with one attached hydrogen (secondary N) is 1. The number of hydrogen-bond donors (Lipinski definition) is 2. The second-order valence-electron chi connectivity index (χ2n) is 4.11. The number of amides is 2. The molecule has 21 heavy (non-hydrogen) atoms. The Morgan fingerprint density at radius 1 is 0.905 bits per heavy atom. The van der Waals surface area contributed by atoms with Crippen molar-refractivity contribution < 1.29 is 9.59 Å². The minimum Gasteiger partial charge on any atom is -0.366 e. The van der Waals surface area contributed by atoms with Gasteiger partial charge >= 0.3 is 0 Å². The zero-order valence-corrected chi connectivity index (χ0v) is 12.8. The van der Waals surface area contributed by atoms with Crippen molar-refractivity contribution in [2.45, 2.75) is 0 Å². The summed E-state index contributed by atoms with van der Waals surface area (Å²) >= 11 is 17.8. The van der Waals surface area contributed by atoms with E-state index in [1.807, 2.05) is 0 Å². The number of benzene rings is 2. The van der Waals surface area contributed by atoms with Crippen LogP contribution in [0.3, 0.4) is 0 Å². The van der Waals surface area contributed by atoms with Crippen LogP contribution in [0.2, 0.25) is 15.1 Å². The molecule has 108 valence electrons. The van der Waals surface area contributed by atoms with Gasteiger partial charge in [0.15, 0.2) is 0 Å². The van der Waals surface area contributed by atoms with E-state index in [4.69, 9.17) is 40.5 Å².